The van der Waals surface area contributed by atoms with Crippen molar-refractivity contribution in [2.75, 3.05) is 12.4 Å². The number of hydrogen-bond acceptors (Lipinski definition) is 4. The Kier molecular flexibility index (Phi) is 4.34. The normalized spacial score (nSPS) is 10.3. The third kappa shape index (κ3) is 2.96. The van der Waals surface area contributed by atoms with Crippen LogP contribution in [0.5, 0.6) is 0 Å². The van der Waals surface area contributed by atoms with Crippen molar-refractivity contribution in [3.63, 3.8) is 0 Å². The fourth-order valence-electron chi connectivity index (χ4n) is 1.92. The molecule has 0 aliphatic carbocycles. The number of aryl methyl sites for hydroxylation is 1. The number of ether oxygens (including phenoxy) is 1. The number of nitrogens with zero attached hydrogens (tertiary/aromatic N) is 2. The Morgan fingerprint density at radius 1 is 1.50 bits per heavy atom. The van der Waals surface area contributed by atoms with E-state index in [-0.39, 0.29) is 5.56 Å². The SMILES string of the molecule is CCn1ccnc1CNc1ccc(F)cc1C(=O)OC. The highest BCUT2D eigenvalue weighted by molar-refractivity contribution is 5.95. The zero-order valence-electron chi connectivity index (χ0n) is 11.4. The number of rotatable bonds is 5. The number of anilines is 1. The van der Waals surface area contributed by atoms with Gasteiger partial charge in [0.2, 0.25) is 0 Å². The quantitative estimate of drug-likeness (QED) is 0.853. The van der Waals surface area contributed by atoms with Crippen LogP contribution < -0.4 is 5.32 Å². The van der Waals surface area contributed by atoms with Crippen molar-refractivity contribution >= 4 is 11.7 Å². The number of nitrogens with one attached hydrogen (secondary N) is 1. The van der Waals surface area contributed by atoms with Gasteiger partial charge in [0.15, 0.2) is 0 Å². The zero-order chi connectivity index (χ0) is 14.5. The van der Waals surface area contributed by atoms with Crippen LogP contribution in [-0.4, -0.2) is 22.6 Å². The van der Waals surface area contributed by atoms with Crippen molar-refractivity contribution in [3.8, 4) is 0 Å². The number of carbonyl (C=O) groups is 1. The molecule has 0 amide bonds. The molecule has 0 unspecified atom stereocenters. The topological polar surface area (TPSA) is 56.2 Å². The molecule has 1 N–H and O–H groups in total. The first-order valence-corrected chi connectivity index (χ1v) is 6.27. The van der Waals surface area contributed by atoms with Crippen LogP contribution in [0.15, 0.2) is 30.6 Å². The largest absolute Gasteiger partial charge is 0.465 e. The smallest absolute Gasteiger partial charge is 0.340 e. The summed E-state index contributed by atoms with van der Waals surface area (Å²) >= 11 is 0. The summed E-state index contributed by atoms with van der Waals surface area (Å²) in [5, 5.41) is 3.08. The molecule has 5 nitrogen and oxygen atoms in total. The minimum absolute atomic E-state index is 0.169. The van der Waals surface area contributed by atoms with E-state index in [9.17, 15) is 9.18 Å². The summed E-state index contributed by atoms with van der Waals surface area (Å²) in [5.74, 6) is -0.218. The van der Waals surface area contributed by atoms with Gasteiger partial charge in [-0.05, 0) is 25.1 Å². The van der Waals surface area contributed by atoms with Gasteiger partial charge in [-0.25, -0.2) is 14.2 Å². The Morgan fingerprint density at radius 3 is 3.00 bits per heavy atom. The number of methoxy groups -OCH3 is 1. The number of imidazole rings is 1. The Bertz CT molecular complexity index is 610. The second-order valence-corrected chi connectivity index (χ2v) is 4.16. The molecule has 0 fully saturated rings. The maximum Gasteiger partial charge on any atom is 0.340 e. The van der Waals surface area contributed by atoms with E-state index >= 15 is 0 Å². The summed E-state index contributed by atoms with van der Waals surface area (Å²) in [7, 11) is 1.26. The van der Waals surface area contributed by atoms with Gasteiger partial charge in [0.05, 0.1) is 19.2 Å². The van der Waals surface area contributed by atoms with Crippen LogP contribution in [0, 0.1) is 5.82 Å². The lowest BCUT2D eigenvalue weighted by Gasteiger charge is -2.11. The van der Waals surface area contributed by atoms with E-state index in [1.54, 1.807) is 6.20 Å². The maximum atomic E-state index is 13.2. The van der Waals surface area contributed by atoms with Gasteiger partial charge in [0, 0.05) is 24.6 Å². The van der Waals surface area contributed by atoms with Gasteiger partial charge in [-0.2, -0.15) is 0 Å². The standard InChI is InChI=1S/C14H16FN3O2/c1-3-18-7-6-16-13(18)9-17-12-5-4-10(15)8-11(12)14(19)20-2/h4-8,17H,3,9H2,1-2H3. The number of esters is 1. The van der Waals surface area contributed by atoms with E-state index in [0.29, 0.717) is 12.2 Å². The zero-order valence-corrected chi connectivity index (χ0v) is 11.4. The van der Waals surface area contributed by atoms with Crippen molar-refractivity contribution in [1.29, 1.82) is 0 Å². The van der Waals surface area contributed by atoms with Gasteiger partial charge in [-0.1, -0.05) is 0 Å². The summed E-state index contributed by atoms with van der Waals surface area (Å²) < 4.78 is 19.9. The Balaban J connectivity index is 2.19. The molecule has 2 rings (SSSR count). The van der Waals surface area contributed by atoms with Gasteiger partial charge >= 0.3 is 5.97 Å². The highest BCUT2D eigenvalue weighted by Crippen LogP contribution is 2.18. The predicted octanol–water partition coefficient (Wildman–Crippen LogP) is 2.44. The summed E-state index contributed by atoms with van der Waals surface area (Å²) in [4.78, 5) is 15.8. The summed E-state index contributed by atoms with van der Waals surface area (Å²) in [6.45, 7) is 3.27. The van der Waals surface area contributed by atoms with Gasteiger partial charge in [0.1, 0.15) is 11.6 Å². The molecule has 0 spiro atoms. The molecule has 1 aromatic heterocycles. The first kappa shape index (κ1) is 14.0. The average Bonchev–Trinajstić information content (AvgIpc) is 2.92. The molecule has 2 aromatic rings. The number of carbonyl (C=O) groups excluding carboxylic acids is 1. The highest BCUT2D eigenvalue weighted by atomic mass is 19.1. The van der Waals surface area contributed by atoms with E-state index in [4.69, 9.17) is 0 Å². The van der Waals surface area contributed by atoms with Gasteiger partial charge < -0.3 is 14.6 Å². The van der Waals surface area contributed by atoms with Crippen LogP contribution in [-0.2, 0) is 17.8 Å². The number of halogens is 1. The van der Waals surface area contributed by atoms with Gasteiger partial charge in [-0.15, -0.1) is 0 Å². The molecule has 1 aromatic carbocycles. The van der Waals surface area contributed by atoms with Gasteiger partial charge in [0.25, 0.3) is 0 Å². The van der Waals surface area contributed by atoms with Crippen LogP contribution in [0.4, 0.5) is 10.1 Å². The van der Waals surface area contributed by atoms with Crippen LogP contribution >= 0.6 is 0 Å². The minimum Gasteiger partial charge on any atom is -0.465 e. The summed E-state index contributed by atoms with van der Waals surface area (Å²) in [6.07, 6.45) is 3.59. The third-order valence-electron chi connectivity index (χ3n) is 2.97. The fourth-order valence-corrected chi connectivity index (χ4v) is 1.92. The van der Waals surface area contributed by atoms with Crippen LogP contribution in [0.25, 0.3) is 0 Å². The summed E-state index contributed by atoms with van der Waals surface area (Å²) in [5.41, 5.74) is 0.686. The minimum atomic E-state index is -0.578. The highest BCUT2D eigenvalue weighted by Gasteiger charge is 2.13. The fraction of sp³-hybridized carbons (Fsp3) is 0.286. The third-order valence-corrected chi connectivity index (χ3v) is 2.97. The summed E-state index contributed by atoms with van der Waals surface area (Å²) in [6, 6.07) is 3.96. The Morgan fingerprint density at radius 2 is 2.30 bits per heavy atom. The Hall–Kier alpha value is -2.37. The van der Waals surface area contributed by atoms with Crippen LogP contribution in [0.3, 0.4) is 0 Å². The molecular weight excluding hydrogens is 261 g/mol. The molecule has 0 saturated heterocycles. The molecule has 0 aliphatic heterocycles. The average molecular weight is 277 g/mol. The second kappa shape index (κ2) is 6.18. The number of aromatic nitrogens is 2. The molecule has 6 heteroatoms. The lowest BCUT2D eigenvalue weighted by molar-refractivity contribution is 0.0601. The van der Waals surface area contributed by atoms with E-state index in [0.717, 1.165) is 18.4 Å². The van der Waals surface area contributed by atoms with Crippen LogP contribution in [0.2, 0.25) is 0 Å². The molecule has 0 aliphatic rings. The number of hydrogen-bond donors (Lipinski definition) is 1. The predicted molar refractivity (Wildman–Crippen MR) is 73.0 cm³/mol. The Labute approximate surface area is 116 Å². The molecule has 0 bridgehead atoms. The molecule has 0 atom stereocenters. The second-order valence-electron chi connectivity index (χ2n) is 4.16. The molecule has 0 saturated carbocycles. The molecule has 20 heavy (non-hydrogen) atoms. The molecular formula is C14H16FN3O2. The van der Waals surface area contributed by atoms with Crippen molar-refractivity contribution in [1.82, 2.24) is 9.55 Å². The number of benzene rings is 1. The van der Waals surface area contributed by atoms with E-state index in [1.165, 1.54) is 19.2 Å². The lowest BCUT2D eigenvalue weighted by atomic mass is 10.1. The molecule has 0 radical (unpaired) electrons. The monoisotopic (exact) mass is 277 g/mol. The lowest BCUT2D eigenvalue weighted by Crippen LogP contribution is -2.11. The van der Waals surface area contributed by atoms with Gasteiger partial charge in [-0.3, -0.25) is 0 Å². The van der Waals surface area contributed by atoms with E-state index in [2.05, 4.69) is 15.0 Å². The van der Waals surface area contributed by atoms with Crippen molar-refractivity contribution in [2.24, 2.45) is 0 Å². The van der Waals surface area contributed by atoms with Crippen molar-refractivity contribution in [2.45, 2.75) is 20.0 Å². The van der Waals surface area contributed by atoms with E-state index in [1.807, 2.05) is 17.7 Å². The first-order chi connectivity index (χ1) is 9.65. The first-order valence-electron chi connectivity index (χ1n) is 6.27. The van der Waals surface area contributed by atoms with Crippen molar-refractivity contribution < 1.29 is 13.9 Å². The van der Waals surface area contributed by atoms with E-state index < -0.39 is 11.8 Å². The van der Waals surface area contributed by atoms with Crippen LogP contribution in [0.1, 0.15) is 23.1 Å². The van der Waals surface area contributed by atoms with Crippen molar-refractivity contribution in [3.05, 3.63) is 47.8 Å². The molecule has 106 valence electrons. The molecule has 1 heterocycles. The maximum absolute atomic E-state index is 13.2.